The van der Waals surface area contributed by atoms with Gasteiger partial charge in [0.25, 0.3) is 0 Å². The number of ether oxygens (including phenoxy) is 1. The number of aromatic nitrogens is 3. The number of hydrogen-bond acceptors (Lipinski definition) is 6. The van der Waals surface area contributed by atoms with E-state index in [9.17, 15) is 5.11 Å². The monoisotopic (exact) mass is 397 g/mol. The van der Waals surface area contributed by atoms with Crippen molar-refractivity contribution in [2.45, 2.75) is 20.5 Å². The zero-order valence-electron chi connectivity index (χ0n) is 15.9. The summed E-state index contributed by atoms with van der Waals surface area (Å²) in [6, 6.07) is 15.0. The lowest BCUT2D eigenvalue weighted by molar-refractivity contribution is 0.290. The maximum Gasteiger partial charge on any atom is 0.216 e. The summed E-state index contributed by atoms with van der Waals surface area (Å²) in [5.41, 5.74) is 1.56. The van der Waals surface area contributed by atoms with Crippen LogP contribution in [0.2, 0.25) is 0 Å². The third-order valence-electron chi connectivity index (χ3n) is 4.28. The molecule has 0 spiro atoms. The van der Waals surface area contributed by atoms with Gasteiger partial charge in [-0.2, -0.15) is 14.9 Å². The highest BCUT2D eigenvalue weighted by Crippen LogP contribution is 2.23. The minimum absolute atomic E-state index is 0.158. The van der Waals surface area contributed by atoms with Crippen LogP contribution in [0.3, 0.4) is 0 Å². The van der Waals surface area contributed by atoms with Gasteiger partial charge in [-0.3, -0.25) is 0 Å². The summed E-state index contributed by atoms with van der Waals surface area (Å²) in [6.07, 6.45) is 1.55. The molecule has 8 heteroatoms. The fraction of sp³-hybridized carbons (Fsp3) is 0.250. The molecule has 0 amide bonds. The number of phenolic OH excluding ortho intramolecular Hbond substituents is 1. The summed E-state index contributed by atoms with van der Waals surface area (Å²) < 4.78 is 7.54. The summed E-state index contributed by atoms with van der Waals surface area (Å²) in [6.45, 7) is 6.11. The third-order valence-corrected chi connectivity index (χ3v) is 4.55. The predicted molar refractivity (Wildman–Crippen MR) is 113 cm³/mol. The fourth-order valence-corrected chi connectivity index (χ4v) is 2.95. The van der Waals surface area contributed by atoms with E-state index in [1.54, 1.807) is 12.3 Å². The van der Waals surface area contributed by atoms with Crippen LogP contribution in [0.25, 0.3) is 0 Å². The molecule has 2 aromatic carbocycles. The Bertz CT molecular complexity index is 993. The van der Waals surface area contributed by atoms with E-state index in [4.69, 9.17) is 17.0 Å². The molecule has 0 radical (unpaired) electrons. The number of aromatic amines is 1. The van der Waals surface area contributed by atoms with Gasteiger partial charge >= 0.3 is 0 Å². The molecule has 0 atom stereocenters. The Hall–Kier alpha value is -3.13. The second-order valence-corrected chi connectivity index (χ2v) is 6.41. The van der Waals surface area contributed by atoms with Crippen LogP contribution >= 0.6 is 12.2 Å². The van der Waals surface area contributed by atoms with Crippen molar-refractivity contribution in [1.82, 2.24) is 14.9 Å². The molecule has 0 fully saturated rings. The number of nitrogens with one attached hydrogen (secondary N) is 1. The Morgan fingerprint density at radius 3 is 2.64 bits per heavy atom. The molecule has 0 aliphatic rings. The van der Waals surface area contributed by atoms with Crippen molar-refractivity contribution in [1.29, 1.82) is 0 Å². The van der Waals surface area contributed by atoms with Crippen molar-refractivity contribution >= 4 is 24.1 Å². The maximum absolute atomic E-state index is 10.3. The van der Waals surface area contributed by atoms with Gasteiger partial charge in [-0.1, -0.05) is 18.2 Å². The van der Waals surface area contributed by atoms with Crippen LogP contribution in [-0.2, 0) is 6.61 Å². The highest BCUT2D eigenvalue weighted by molar-refractivity contribution is 7.71. The lowest BCUT2D eigenvalue weighted by atomic mass is 10.2. The van der Waals surface area contributed by atoms with Crippen LogP contribution in [0.15, 0.2) is 53.6 Å². The normalized spacial score (nSPS) is 11.1. The van der Waals surface area contributed by atoms with E-state index < -0.39 is 0 Å². The smallest absolute Gasteiger partial charge is 0.216 e. The third kappa shape index (κ3) is 4.58. The van der Waals surface area contributed by atoms with Crippen molar-refractivity contribution in [2.75, 3.05) is 18.0 Å². The van der Waals surface area contributed by atoms with Crippen LogP contribution in [0.4, 0.5) is 5.69 Å². The van der Waals surface area contributed by atoms with Gasteiger partial charge < -0.3 is 14.7 Å². The number of hydrogen-bond donors (Lipinski definition) is 2. The van der Waals surface area contributed by atoms with E-state index >= 15 is 0 Å². The van der Waals surface area contributed by atoms with Crippen LogP contribution in [0, 0.1) is 4.77 Å². The Morgan fingerprint density at radius 1 is 1.21 bits per heavy atom. The molecule has 0 unspecified atom stereocenters. The minimum atomic E-state index is 0.158. The highest BCUT2D eigenvalue weighted by Gasteiger charge is 2.08. The van der Waals surface area contributed by atoms with Gasteiger partial charge in [0, 0.05) is 30.4 Å². The lowest BCUT2D eigenvalue weighted by Gasteiger charge is -2.21. The van der Waals surface area contributed by atoms with E-state index in [0.717, 1.165) is 24.5 Å². The highest BCUT2D eigenvalue weighted by atomic mass is 32.1. The zero-order valence-corrected chi connectivity index (χ0v) is 16.7. The van der Waals surface area contributed by atoms with E-state index in [2.05, 4.69) is 34.0 Å². The van der Waals surface area contributed by atoms with Crippen molar-refractivity contribution in [3.05, 3.63) is 64.7 Å². The lowest BCUT2D eigenvalue weighted by Crippen LogP contribution is -2.21. The summed E-state index contributed by atoms with van der Waals surface area (Å²) >= 11 is 5.24. The van der Waals surface area contributed by atoms with E-state index in [1.165, 1.54) is 4.68 Å². The van der Waals surface area contributed by atoms with Gasteiger partial charge in [-0.15, -0.1) is 0 Å². The van der Waals surface area contributed by atoms with E-state index in [1.807, 2.05) is 42.5 Å². The molecule has 3 rings (SSSR count). The molecule has 146 valence electrons. The van der Waals surface area contributed by atoms with Crippen LogP contribution in [0.1, 0.15) is 25.2 Å². The Balaban J connectivity index is 1.77. The molecule has 3 aromatic rings. The Kier molecular flexibility index (Phi) is 6.44. The number of rotatable bonds is 8. The largest absolute Gasteiger partial charge is 0.507 e. The van der Waals surface area contributed by atoms with Crippen LogP contribution < -0.4 is 9.64 Å². The molecule has 1 aromatic heterocycles. The summed E-state index contributed by atoms with van der Waals surface area (Å²) in [5, 5.41) is 21.6. The molecule has 0 aliphatic carbocycles. The molecule has 28 heavy (non-hydrogen) atoms. The van der Waals surface area contributed by atoms with Crippen LogP contribution in [-0.4, -0.2) is 39.3 Å². The van der Waals surface area contributed by atoms with Gasteiger partial charge in [0.15, 0.2) is 5.82 Å². The topological polar surface area (TPSA) is 78.7 Å². The van der Waals surface area contributed by atoms with E-state index in [0.29, 0.717) is 16.2 Å². The summed E-state index contributed by atoms with van der Waals surface area (Å²) in [7, 11) is 0. The van der Waals surface area contributed by atoms with Gasteiger partial charge in [0.2, 0.25) is 4.77 Å². The quantitative estimate of drug-likeness (QED) is 0.444. The number of phenols is 1. The first-order valence-corrected chi connectivity index (χ1v) is 9.49. The number of H-pyrrole nitrogens is 1. The van der Waals surface area contributed by atoms with Crippen molar-refractivity contribution < 1.29 is 9.84 Å². The maximum atomic E-state index is 10.3. The molecule has 2 N–H and O–H groups in total. The predicted octanol–water partition coefficient (Wildman–Crippen LogP) is 3.95. The molecule has 0 aliphatic heterocycles. The minimum Gasteiger partial charge on any atom is -0.507 e. The second kappa shape index (κ2) is 9.18. The SMILES string of the molecule is CCN(CC)c1ccc(C=Nn2c(COc3ccccc3)n[nH]c2=S)c(O)c1. The summed E-state index contributed by atoms with van der Waals surface area (Å²) in [5.74, 6) is 1.42. The standard InChI is InChI=1S/C20H23N5O2S/c1-3-24(4-2)16-11-10-15(18(26)12-16)13-21-25-19(22-23-20(25)28)14-27-17-8-6-5-7-9-17/h5-13,26H,3-4,14H2,1-2H3,(H,23,28). The Morgan fingerprint density at radius 2 is 1.96 bits per heavy atom. The van der Waals surface area contributed by atoms with E-state index in [-0.39, 0.29) is 12.4 Å². The van der Waals surface area contributed by atoms with Gasteiger partial charge in [-0.05, 0) is 50.3 Å². The number of para-hydroxylation sites is 1. The first-order valence-electron chi connectivity index (χ1n) is 9.08. The number of benzene rings is 2. The zero-order chi connectivity index (χ0) is 19.9. The Labute approximate surface area is 168 Å². The molecular weight excluding hydrogens is 374 g/mol. The number of aromatic hydroxyl groups is 1. The molecule has 1 heterocycles. The molecular formula is C20H23N5O2S. The number of nitrogens with zero attached hydrogens (tertiary/aromatic N) is 4. The molecule has 7 nitrogen and oxygen atoms in total. The second-order valence-electron chi connectivity index (χ2n) is 6.02. The van der Waals surface area contributed by atoms with Gasteiger partial charge in [-0.25, -0.2) is 5.10 Å². The number of anilines is 1. The molecule has 0 bridgehead atoms. The average Bonchev–Trinajstić information content (AvgIpc) is 3.07. The van der Waals surface area contributed by atoms with Crippen molar-refractivity contribution in [2.24, 2.45) is 5.10 Å². The van der Waals surface area contributed by atoms with Crippen LogP contribution in [0.5, 0.6) is 11.5 Å². The van der Waals surface area contributed by atoms with Gasteiger partial charge in [0.1, 0.15) is 18.1 Å². The average molecular weight is 398 g/mol. The molecule has 0 saturated carbocycles. The van der Waals surface area contributed by atoms with Crippen molar-refractivity contribution in [3.63, 3.8) is 0 Å². The fourth-order valence-electron chi connectivity index (χ4n) is 2.75. The molecule has 0 saturated heterocycles. The first kappa shape index (κ1) is 19.6. The first-order chi connectivity index (χ1) is 13.6. The van der Waals surface area contributed by atoms with Crippen molar-refractivity contribution in [3.8, 4) is 11.5 Å². The summed E-state index contributed by atoms with van der Waals surface area (Å²) in [4.78, 5) is 2.16. The van der Waals surface area contributed by atoms with Gasteiger partial charge in [0.05, 0.1) is 6.21 Å².